The molecule has 1 fully saturated rings. The van der Waals surface area contributed by atoms with Crippen molar-refractivity contribution < 1.29 is 28.7 Å². The van der Waals surface area contributed by atoms with Gasteiger partial charge in [-0.3, -0.25) is 29.4 Å². The largest absolute Gasteiger partial charge is 0.394 e. The van der Waals surface area contributed by atoms with Crippen LogP contribution in [0.2, 0.25) is 0 Å². The van der Waals surface area contributed by atoms with Crippen molar-refractivity contribution in [3.05, 3.63) is 0 Å². The van der Waals surface area contributed by atoms with Gasteiger partial charge < -0.3 is 4.74 Å². The highest BCUT2D eigenvalue weighted by molar-refractivity contribution is 6.13. The van der Waals surface area contributed by atoms with E-state index in [9.17, 15) is 24.0 Å². The third kappa shape index (κ3) is 6.03. The van der Waals surface area contributed by atoms with Crippen LogP contribution in [0.25, 0.3) is 0 Å². The van der Waals surface area contributed by atoms with E-state index in [1.165, 1.54) is 20.9 Å². The Morgan fingerprint density at radius 3 is 1.94 bits per heavy atom. The first kappa shape index (κ1) is 14.8. The number of hydrogen-bond donors (Lipinski definition) is 1. The van der Waals surface area contributed by atoms with Crippen LogP contribution in [0.5, 0.6) is 0 Å². The first-order chi connectivity index (χ1) is 7.73. The Morgan fingerprint density at radius 2 is 1.65 bits per heavy atom. The van der Waals surface area contributed by atoms with Crippen LogP contribution >= 0.6 is 0 Å². The van der Waals surface area contributed by atoms with E-state index in [0.29, 0.717) is 0 Å². The molecule has 1 heterocycles. The standard InChI is InChI=1S/C5H6N2O3.C4H6O3/c1-7-4(9)2-3(8)6-5(7)10;1-3(5)7-4(2)6/h2H2,1H3,(H,6,8,10);1-2H3. The Labute approximate surface area is 96.9 Å². The molecule has 0 unspecified atom stereocenters. The van der Waals surface area contributed by atoms with Gasteiger partial charge in [0.25, 0.3) is 0 Å². The van der Waals surface area contributed by atoms with Gasteiger partial charge in [-0.15, -0.1) is 0 Å². The minimum Gasteiger partial charge on any atom is -0.394 e. The van der Waals surface area contributed by atoms with Crippen molar-refractivity contribution in [1.29, 1.82) is 0 Å². The zero-order valence-corrected chi connectivity index (χ0v) is 9.60. The van der Waals surface area contributed by atoms with E-state index in [1.807, 2.05) is 5.32 Å². The highest BCUT2D eigenvalue weighted by atomic mass is 16.6. The van der Waals surface area contributed by atoms with Crippen LogP contribution in [0.3, 0.4) is 0 Å². The third-order valence-corrected chi connectivity index (χ3v) is 1.52. The number of carbonyl (C=O) groups is 5. The molecule has 0 radical (unpaired) electrons. The monoisotopic (exact) mass is 244 g/mol. The summed E-state index contributed by atoms with van der Waals surface area (Å²) in [5.74, 6) is -2.12. The van der Waals surface area contributed by atoms with Gasteiger partial charge in [-0.1, -0.05) is 0 Å². The van der Waals surface area contributed by atoms with E-state index in [4.69, 9.17) is 0 Å². The molecule has 1 N–H and O–H groups in total. The molecule has 0 bridgehead atoms. The topological polar surface area (TPSA) is 110 Å². The lowest BCUT2D eigenvalue weighted by Gasteiger charge is -2.19. The van der Waals surface area contributed by atoms with Crippen LogP contribution in [0.4, 0.5) is 4.79 Å². The van der Waals surface area contributed by atoms with Crippen molar-refractivity contribution in [1.82, 2.24) is 10.2 Å². The summed E-state index contributed by atoms with van der Waals surface area (Å²) >= 11 is 0. The predicted molar refractivity (Wildman–Crippen MR) is 53.4 cm³/mol. The molecule has 17 heavy (non-hydrogen) atoms. The van der Waals surface area contributed by atoms with E-state index in [1.54, 1.807) is 0 Å². The molecule has 0 aromatic rings. The smallest absolute Gasteiger partial charge is 0.330 e. The molecule has 4 amide bonds. The fourth-order valence-corrected chi connectivity index (χ4v) is 0.819. The quantitative estimate of drug-likeness (QED) is 0.440. The number of hydrogen-bond acceptors (Lipinski definition) is 6. The maximum atomic E-state index is 10.7. The zero-order chi connectivity index (χ0) is 13.6. The highest BCUT2D eigenvalue weighted by Crippen LogP contribution is 1.97. The maximum Gasteiger partial charge on any atom is 0.330 e. The molecule has 0 spiro atoms. The number of rotatable bonds is 0. The number of barbiturate groups is 1. The fourth-order valence-electron chi connectivity index (χ4n) is 0.819. The molecule has 94 valence electrons. The van der Waals surface area contributed by atoms with Crippen LogP contribution < -0.4 is 5.32 Å². The van der Waals surface area contributed by atoms with E-state index < -0.39 is 29.8 Å². The number of esters is 2. The molecular weight excluding hydrogens is 232 g/mol. The predicted octanol–water partition coefficient (Wildman–Crippen LogP) is -0.819. The van der Waals surface area contributed by atoms with E-state index in [2.05, 4.69) is 4.74 Å². The number of nitrogens with one attached hydrogen (secondary N) is 1. The highest BCUT2D eigenvalue weighted by Gasteiger charge is 2.26. The SMILES string of the molecule is CC(=O)OC(C)=O.CN1C(=O)CC(=O)NC1=O. The minimum absolute atomic E-state index is 0.234. The second-order valence-corrected chi connectivity index (χ2v) is 3.07. The molecule has 0 aliphatic carbocycles. The molecule has 0 saturated carbocycles. The number of imide groups is 2. The Morgan fingerprint density at radius 1 is 1.18 bits per heavy atom. The first-order valence-electron chi connectivity index (χ1n) is 4.53. The summed E-state index contributed by atoms with van der Waals surface area (Å²) in [7, 11) is 1.32. The summed E-state index contributed by atoms with van der Waals surface area (Å²) in [6.45, 7) is 2.36. The zero-order valence-electron chi connectivity index (χ0n) is 9.60. The Bertz CT molecular complexity index is 344. The van der Waals surface area contributed by atoms with Gasteiger partial charge in [0.05, 0.1) is 0 Å². The summed E-state index contributed by atoms with van der Waals surface area (Å²) in [5, 5.41) is 1.99. The van der Waals surface area contributed by atoms with E-state index in [-0.39, 0.29) is 6.42 Å². The van der Waals surface area contributed by atoms with Gasteiger partial charge in [0.1, 0.15) is 6.42 Å². The average Bonchev–Trinajstić information content (AvgIpc) is 2.12. The molecule has 1 aliphatic rings. The summed E-state index contributed by atoms with van der Waals surface area (Å²) < 4.78 is 3.97. The van der Waals surface area contributed by atoms with Crippen molar-refractivity contribution in [3.63, 3.8) is 0 Å². The van der Waals surface area contributed by atoms with Crippen molar-refractivity contribution in [2.24, 2.45) is 0 Å². The minimum atomic E-state index is -0.652. The molecule has 8 heteroatoms. The van der Waals surface area contributed by atoms with Crippen LogP contribution in [0.1, 0.15) is 20.3 Å². The summed E-state index contributed by atoms with van der Waals surface area (Å²) in [6, 6.07) is -0.652. The average molecular weight is 244 g/mol. The van der Waals surface area contributed by atoms with Crippen molar-refractivity contribution in [2.45, 2.75) is 20.3 Å². The molecule has 8 nitrogen and oxygen atoms in total. The van der Waals surface area contributed by atoms with Gasteiger partial charge in [0, 0.05) is 20.9 Å². The molecular formula is C9H12N2O6. The van der Waals surface area contributed by atoms with Gasteiger partial charge in [0.15, 0.2) is 0 Å². The van der Waals surface area contributed by atoms with Crippen LogP contribution in [-0.4, -0.2) is 41.7 Å². The number of urea groups is 1. The van der Waals surface area contributed by atoms with Crippen LogP contribution in [0.15, 0.2) is 0 Å². The van der Waals surface area contributed by atoms with Crippen LogP contribution in [-0.2, 0) is 23.9 Å². The van der Waals surface area contributed by atoms with E-state index in [0.717, 1.165) is 4.90 Å². The molecule has 0 aromatic carbocycles. The van der Waals surface area contributed by atoms with Crippen molar-refractivity contribution >= 4 is 29.8 Å². The van der Waals surface area contributed by atoms with Gasteiger partial charge >= 0.3 is 18.0 Å². The van der Waals surface area contributed by atoms with Gasteiger partial charge in [-0.2, -0.15) is 0 Å². The lowest BCUT2D eigenvalue weighted by molar-refractivity contribution is -0.156. The lowest BCUT2D eigenvalue weighted by atomic mass is 10.3. The Kier molecular flexibility index (Phi) is 5.52. The molecule has 1 rings (SSSR count). The second kappa shape index (κ2) is 6.36. The summed E-state index contributed by atoms with van der Waals surface area (Å²) in [6.07, 6.45) is -0.234. The number of nitrogens with zero attached hydrogens (tertiary/aromatic N) is 1. The molecule has 0 aromatic heterocycles. The Balaban J connectivity index is 0.000000325. The Hall–Kier alpha value is -2.25. The number of amides is 4. The van der Waals surface area contributed by atoms with Gasteiger partial charge in [-0.25, -0.2) is 4.79 Å². The summed E-state index contributed by atoms with van der Waals surface area (Å²) in [5.41, 5.74) is 0. The van der Waals surface area contributed by atoms with Gasteiger partial charge in [0.2, 0.25) is 11.8 Å². The second-order valence-electron chi connectivity index (χ2n) is 3.07. The normalized spacial score (nSPS) is 14.5. The van der Waals surface area contributed by atoms with Crippen molar-refractivity contribution in [2.75, 3.05) is 7.05 Å². The van der Waals surface area contributed by atoms with E-state index >= 15 is 0 Å². The van der Waals surface area contributed by atoms with Gasteiger partial charge in [-0.05, 0) is 0 Å². The van der Waals surface area contributed by atoms with Crippen LogP contribution in [0, 0.1) is 0 Å². The third-order valence-electron chi connectivity index (χ3n) is 1.52. The summed E-state index contributed by atoms with van der Waals surface area (Å²) in [4.78, 5) is 52.2. The first-order valence-corrected chi connectivity index (χ1v) is 4.53. The fraction of sp³-hybridized carbons (Fsp3) is 0.444. The molecule has 0 atom stereocenters. The molecule has 1 saturated heterocycles. The van der Waals surface area contributed by atoms with Crippen molar-refractivity contribution in [3.8, 4) is 0 Å². The lowest BCUT2D eigenvalue weighted by Crippen LogP contribution is -2.50. The maximum absolute atomic E-state index is 10.7. The molecule has 1 aliphatic heterocycles. The number of ether oxygens (including phenoxy) is 1. The number of carbonyl (C=O) groups excluding carboxylic acids is 5.